The highest BCUT2D eigenvalue weighted by atomic mass is 16.5. The van der Waals surface area contributed by atoms with Crippen molar-refractivity contribution in [3.05, 3.63) is 53.7 Å². The molecule has 1 atom stereocenters. The number of pyridine rings is 1. The SMILES string of the molecule is CC(C)Oc1ccc(CNC(=O)N[C@H]2CCOc3ccccc32)cn1. The number of benzene rings is 1. The molecule has 1 aliphatic rings. The number of hydrogen-bond donors (Lipinski definition) is 2. The zero-order valence-electron chi connectivity index (χ0n) is 14.5. The molecule has 2 amide bonds. The Labute approximate surface area is 147 Å². The van der Waals surface area contributed by atoms with Crippen molar-refractivity contribution in [3.8, 4) is 11.6 Å². The van der Waals surface area contributed by atoms with Crippen LogP contribution in [0.1, 0.15) is 37.4 Å². The molecule has 25 heavy (non-hydrogen) atoms. The van der Waals surface area contributed by atoms with Crippen LogP contribution in [0, 0.1) is 0 Å². The molecule has 0 radical (unpaired) electrons. The van der Waals surface area contributed by atoms with Crippen molar-refractivity contribution in [2.45, 2.75) is 39.0 Å². The molecule has 0 bridgehead atoms. The highest BCUT2D eigenvalue weighted by Gasteiger charge is 2.22. The van der Waals surface area contributed by atoms with E-state index in [2.05, 4.69) is 15.6 Å². The summed E-state index contributed by atoms with van der Waals surface area (Å²) in [4.78, 5) is 16.4. The molecule has 0 fully saturated rings. The summed E-state index contributed by atoms with van der Waals surface area (Å²) in [5.41, 5.74) is 1.93. The van der Waals surface area contributed by atoms with E-state index < -0.39 is 0 Å². The van der Waals surface area contributed by atoms with Gasteiger partial charge in [-0.3, -0.25) is 0 Å². The summed E-state index contributed by atoms with van der Waals surface area (Å²) in [5, 5.41) is 5.87. The number of fused-ring (bicyclic) bond motifs is 1. The summed E-state index contributed by atoms with van der Waals surface area (Å²) >= 11 is 0. The molecule has 1 aliphatic heterocycles. The first-order valence-corrected chi connectivity index (χ1v) is 8.49. The topological polar surface area (TPSA) is 72.5 Å². The number of aromatic nitrogens is 1. The molecule has 2 heterocycles. The van der Waals surface area contributed by atoms with Gasteiger partial charge in [0, 0.05) is 30.8 Å². The number of rotatable bonds is 5. The minimum atomic E-state index is -0.204. The van der Waals surface area contributed by atoms with Crippen molar-refractivity contribution < 1.29 is 14.3 Å². The first-order valence-electron chi connectivity index (χ1n) is 8.49. The molecule has 0 spiro atoms. The van der Waals surface area contributed by atoms with Crippen molar-refractivity contribution in [1.82, 2.24) is 15.6 Å². The minimum absolute atomic E-state index is 0.0371. The molecule has 132 valence electrons. The van der Waals surface area contributed by atoms with Crippen molar-refractivity contribution in [2.24, 2.45) is 0 Å². The van der Waals surface area contributed by atoms with Gasteiger partial charge in [-0.25, -0.2) is 9.78 Å². The Kier molecular flexibility index (Phi) is 5.38. The van der Waals surface area contributed by atoms with Gasteiger partial charge in [0.25, 0.3) is 0 Å². The van der Waals surface area contributed by atoms with E-state index in [9.17, 15) is 4.79 Å². The van der Waals surface area contributed by atoms with E-state index in [1.54, 1.807) is 6.20 Å². The van der Waals surface area contributed by atoms with E-state index in [1.807, 2.05) is 50.2 Å². The fraction of sp³-hybridized carbons (Fsp3) is 0.368. The average molecular weight is 341 g/mol. The summed E-state index contributed by atoms with van der Waals surface area (Å²) in [5.74, 6) is 1.42. The second-order valence-corrected chi connectivity index (χ2v) is 6.23. The summed E-state index contributed by atoms with van der Waals surface area (Å²) in [6, 6.07) is 11.3. The molecule has 2 aromatic rings. The summed E-state index contributed by atoms with van der Waals surface area (Å²) in [6.45, 7) is 4.92. The molecule has 0 unspecified atom stereocenters. The van der Waals surface area contributed by atoms with Crippen LogP contribution in [-0.2, 0) is 6.54 Å². The van der Waals surface area contributed by atoms with Crippen LogP contribution in [0.25, 0.3) is 0 Å². The quantitative estimate of drug-likeness (QED) is 0.876. The zero-order chi connectivity index (χ0) is 17.6. The van der Waals surface area contributed by atoms with Crippen LogP contribution in [0.5, 0.6) is 11.6 Å². The Balaban J connectivity index is 1.52. The lowest BCUT2D eigenvalue weighted by Gasteiger charge is -2.26. The van der Waals surface area contributed by atoms with Crippen LogP contribution in [0.2, 0.25) is 0 Å². The van der Waals surface area contributed by atoms with E-state index in [0.29, 0.717) is 19.0 Å². The monoisotopic (exact) mass is 341 g/mol. The Morgan fingerprint density at radius 3 is 2.92 bits per heavy atom. The van der Waals surface area contributed by atoms with Crippen LogP contribution < -0.4 is 20.1 Å². The molecule has 0 saturated carbocycles. The maximum atomic E-state index is 12.2. The fourth-order valence-electron chi connectivity index (χ4n) is 2.71. The van der Waals surface area contributed by atoms with Gasteiger partial charge in [0.2, 0.25) is 5.88 Å². The first kappa shape index (κ1) is 17.1. The molecule has 6 nitrogen and oxygen atoms in total. The number of para-hydroxylation sites is 1. The molecule has 0 saturated heterocycles. The van der Waals surface area contributed by atoms with Crippen molar-refractivity contribution >= 4 is 6.03 Å². The van der Waals surface area contributed by atoms with E-state index in [1.165, 1.54) is 0 Å². The van der Waals surface area contributed by atoms with E-state index in [-0.39, 0.29) is 18.2 Å². The number of nitrogens with zero attached hydrogens (tertiary/aromatic N) is 1. The maximum Gasteiger partial charge on any atom is 0.315 e. The second kappa shape index (κ2) is 7.88. The molecule has 0 aliphatic carbocycles. The summed E-state index contributed by atoms with van der Waals surface area (Å²) in [7, 11) is 0. The molecule has 1 aromatic carbocycles. The highest BCUT2D eigenvalue weighted by molar-refractivity contribution is 5.74. The lowest BCUT2D eigenvalue weighted by Crippen LogP contribution is -2.39. The van der Waals surface area contributed by atoms with Crippen LogP contribution in [0.3, 0.4) is 0 Å². The Morgan fingerprint density at radius 2 is 2.16 bits per heavy atom. The normalized spacial score (nSPS) is 15.9. The maximum absolute atomic E-state index is 12.2. The van der Waals surface area contributed by atoms with Crippen molar-refractivity contribution in [1.29, 1.82) is 0 Å². The summed E-state index contributed by atoms with van der Waals surface area (Å²) < 4.78 is 11.1. The molecule has 1 aromatic heterocycles. The van der Waals surface area contributed by atoms with Gasteiger partial charge < -0.3 is 20.1 Å². The number of hydrogen-bond acceptors (Lipinski definition) is 4. The molecule has 2 N–H and O–H groups in total. The average Bonchev–Trinajstić information content (AvgIpc) is 2.61. The van der Waals surface area contributed by atoms with E-state index >= 15 is 0 Å². The number of amides is 2. The Hall–Kier alpha value is -2.76. The largest absolute Gasteiger partial charge is 0.493 e. The van der Waals surface area contributed by atoms with Gasteiger partial charge in [-0.05, 0) is 25.5 Å². The van der Waals surface area contributed by atoms with Crippen molar-refractivity contribution in [2.75, 3.05) is 6.61 Å². The number of ether oxygens (including phenoxy) is 2. The molecule has 3 rings (SSSR count). The van der Waals surface area contributed by atoms with Crippen LogP contribution in [0.15, 0.2) is 42.6 Å². The smallest absolute Gasteiger partial charge is 0.315 e. The molecular weight excluding hydrogens is 318 g/mol. The van der Waals surface area contributed by atoms with Gasteiger partial charge >= 0.3 is 6.03 Å². The number of urea groups is 1. The van der Waals surface area contributed by atoms with Crippen molar-refractivity contribution in [3.63, 3.8) is 0 Å². The third-order valence-corrected chi connectivity index (χ3v) is 3.87. The molecular formula is C19H23N3O3. The Morgan fingerprint density at radius 1 is 1.32 bits per heavy atom. The first-order chi connectivity index (χ1) is 12.1. The fourth-order valence-corrected chi connectivity index (χ4v) is 2.71. The van der Waals surface area contributed by atoms with Gasteiger partial charge in [0.15, 0.2) is 0 Å². The number of carbonyl (C=O) groups excluding carboxylic acids is 1. The third kappa shape index (κ3) is 4.62. The Bertz CT molecular complexity index is 716. The lowest BCUT2D eigenvalue weighted by atomic mass is 10.0. The van der Waals surface area contributed by atoms with Crippen LogP contribution >= 0.6 is 0 Å². The predicted octanol–water partition coefficient (Wildman–Crippen LogP) is 3.19. The standard InChI is InChI=1S/C19H23N3O3/c1-13(2)25-18-8-7-14(11-20-18)12-21-19(23)22-16-9-10-24-17-6-4-3-5-15(16)17/h3-8,11,13,16H,9-10,12H2,1-2H3,(H2,21,22,23)/t16-/m0/s1. The number of nitrogens with one attached hydrogen (secondary N) is 2. The zero-order valence-corrected chi connectivity index (χ0v) is 14.5. The van der Waals surface area contributed by atoms with Gasteiger partial charge in [-0.2, -0.15) is 0 Å². The third-order valence-electron chi connectivity index (χ3n) is 3.87. The molecule has 6 heteroatoms. The highest BCUT2D eigenvalue weighted by Crippen LogP contribution is 2.31. The number of carbonyl (C=O) groups is 1. The van der Waals surface area contributed by atoms with E-state index in [0.717, 1.165) is 23.3 Å². The van der Waals surface area contributed by atoms with Gasteiger partial charge in [0.05, 0.1) is 18.8 Å². The minimum Gasteiger partial charge on any atom is -0.493 e. The van der Waals surface area contributed by atoms with E-state index in [4.69, 9.17) is 9.47 Å². The van der Waals surface area contributed by atoms with Gasteiger partial charge in [-0.1, -0.05) is 24.3 Å². The van der Waals surface area contributed by atoms with Crippen LogP contribution in [-0.4, -0.2) is 23.7 Å². The predicted molar refractivity (Wildman–Crippen MR) is 94.7 cm³/mol. The van der Waals surface area contributed by atoms with Crippen LogP contribution in [0.4, 0.5) is 4.79 Å². The second-order valence-electron chi connectivity index (χ2n) is 6.23. The van der Waals surface area contributed by atoms with Gasteiger partial charge in [-0.15, -0.1) is 0 Å². The lowest BCUT2D eigenvalue weighted by molar-refractivity contribution is 0.223. The van der Waals surface area contributed by atoms with Gasteiger partial charge in [0.1, 0.15) is 5.75 Å². The summed E-state index contributed by atoms with van der Waals surface area (Å²) in [6.07, 6.45) is 2.55.